The quantitative estimate of drug-likeness (QED) is 0.607. The lowest BCUT2D eigenvalue weighted by molar-refractivity contribution is -0.124. The third kappa shape index (κ3) is 7.65. The van der Waals surface area contributed by atoms with Gasteiger partial charge in [-0.25, -0.2) is 0 Å². The van der Waals surface area contributed by atoms with Gasteiger partial charge in [0, 0.05) is 17.8 Å². The van der Waals surface area contributed by atoms with E-state index < -0.39 is 5.91 Å². The predicted molar refractivity (Wildman–Crippen MR) is 118 cm³/mol. The van der Waals surface area contributed by atoms with E-state index in [1.165, 1.54) is 4.90 Å². The average molecular weight is 428 g/mol. The van der Waals surface area contributed by atoms with Crippen LogP contribution in [0, 0.1) is 5.92 Å². The molecule has 2 aromatic rings. The predicted octanol–water partition coefficient (Wildman–Crippen LogP) is 2.56. The monoisotopic (exact) mass is 427 g/mol. The highest BCUT2D eigenvalue weighted by Crippen LogP contribution is 2.15. The molecule has 2 aromatic carbocycles. The second-order valence-corrected chi connectivity index (χ2v) is 7.36. The molecule has 166 valence electrons. The van der Waals surface area contributed by atoms with Gasteiger partial charge in [0.25, 0.3) is 5.91 Å². The molecule has 8 heteroatoms. The second-order valence-electron chi connectivity index (χ2n) is 7.36. The van der Waals surface area contributed by atoms with Crippen LogP contribution in [-0.2, 0) is 9.59 Å². The molecular weight excluding hydrogens is 398 g/mol. The topological polar surface area (TPSA) is 97.0 Å². The molecule has 0 aliphatic heterocycles. The Labute approximate surface area is 182 Å². The molecule has 0 fully saturated rings. The molecular formula is C23H29N3O5. The molecule has 0 atom stereocenters. The van der Waals surface area contributed by atoms with Crippen LogP contribution in [0.1, 0.15) is 24.2 Å². The molecule has 0 aliphatic rings. The van der Waals surface area contributed by atoms with Crippen molar-refractivity contribution < 1.29 is 23.9 Å². The van der Waals surface area contributed by atoms with E-state index in [9.17, 15) is 14.4 Å². The normalized spacial score (nSPS) is 10.4. The Morgan fingerprint density at radius 1 is 0.871 bits per heavy atom. The summed E-state index contributed by atoms with van der Waals surface area (Å²) in [5.41, 5.74) is 1.06. The molecule has 0 spiro atoms. The smallest absolute Gasteiger partial charge is 0.254 e. The van der Waals surface area contributed by atoms with Gasteiger partial charge >= 0.3 is 0 Å². The van der Waals surface area contributed by atoms with Gasteiger partial charge in [-0.2, -0.15) is 0 Å². The number of nitrogens with one attached hydrogen (secondary N) is 2. The number of anilines is 1. The highest BCUT2D eigenvalue weighted by atomic mass is 16.5. The number of carbonyl (C=O) groups is 3. The minimum absolute atomic E-state index is 0.140. The molecule has 0 unspecified atom stereocenters. The SMILES string of the molecule is COc1ccc(NC(=O)CNC(=O)CN(CC(C)C)C(=O)c2ccc(OC)cc2)cc1. The van der Waals surface area contributed by atoms with Crippen molar-refractivity contribution in [2.45, 2.75) is 13.8 Å². The summed E-state index contributed by atoms with van der Waals surface area (Å²) in [6.45, 7) is 4.01. The molecule has 0 bridgehead atoms. The molecule has 0 radical (unpaired) electrons. The molecule has 3 amide bonds. The van der Waals surface area contributed by atoms with Crippen LogP contribution in [-0.4, -0.2) is 56.5 Å². The number of rotatable bonds is 10. The number of carbonyl (C=O) groups excluding carboxylic acids is 3. The third-order valence-electron chi connectivity index (χ3n) is 4.36. The second kappa shape index (κ2) is 11.6. The molecule has 0 heterocycles. The maximum absolute atomic E-state index is 12.9. The van der Waals surface area contributed by atoms with Gasteiger partial charge in [-0.1, -0.05) is 13.8 Å². The van der Waals surface area contributed by atoms with Crippen molar-refractivity contribution in [2.24, 2.45) is 5.92 Å². The summed E-state index contributed by atoms with van der Waals surface area (Å²) in [4.78, 5) is 38.8. The fraction of sp³-hybridized carbons (Fsp3) is 0.348. The molecule has 0 saturated carbocycles. The number of benzene rings is 2. The number of nitrogens with zero attached hydrogens (tertiary/aromatic N) is 1. The van der Waals surface area contributed by atoms with Crippen molar-refractivity contribution in [3.05, 3.63) is 54.1 Å². The first-order valence-corrected chi connectivity index (χ1v) is 9.96. The van der Waals surface area contributed by atoms with Gasteiger partial charge in [-0.3, -0.25) is 14.4 Å². The first-order valence-electron chi connectivity index (χ1n) is 9.96. The van der Waals surface area contributed by atoms with Crippen LogP contribution in [0.5, 0.6) is 11.5 Å². The lowest BCUT2D eigenvalue weighted by atomic mass is 10.1. The van der Waals surface area contributed by atoms with Crippen LogP contribution in [0.2, 0.25) is 0 Å². The number of amides is 3. The highest BCUT2D eigenvalue weighted by Gasteiger charge is 2.20. The van der Waals surface area contributed by atoms with Gasteiger partial charge < -0.3 is 25.0 Å². The van der Waals surface area contributed by atoms with E-state index in [1.807, 2.05) is 13.8 Å². The fourth-order valence-electron chi connectivity index (χ4n) is 2.86. The van der Waals surface area contributed by atoms with Crippen LogP contribution in [0.3, 0.4) is 0 Å². The molecule has 0 aromatic heterocycles. The first kappa shape index (κ1) is 23.7. The minimum atomic E-state index is -0.410. The van der Waals surface area contributed by atoms with Crippen LogP contribution < -0.4 is 20.1 Å². The van der Waals surface area contributed by atoms with E-state index in [1.54, 1.807) is 62.8 Å². The van der Waals surface area contributed by atoms with Crippen LogP contribution in [0.15, 0.2) is 48.5 Å². The molecule has 0 saturated heterocycles. The molecule has 31 heavy (non-hydrogen) atoms. The molecule has 0 aliphatic carbocycles. The average Bonchev–Trinajstić information content (AvgIpc) is 2.77. The highest BCUT2D eigenvalue weighted by molar-refractivity contribution is 5.98. The summed E-state index contributed by atoms with van der Waals surface area (Å²) in [6.07, 6.45) is 0. The summed E-state index contributed by atoms with van der Waals surface area (Å²) >= 11 is 0. The summed E-state index contributed by atoms with van der Waals surface area (Å²) in [7, 11) is 3.11. The third-order valence-corrected chi connectivity index (χ3v) is 4.36. The van der Waals surface area contributed by atoms with E-state index >= 15 is 0 Å². The Hall–Kier alpha value is -3.55. The molecule has 8 nitrogen and oxygen atoms in total. The Kier molecular flexibility index (Phi) is 8.87. The maximum Gasteiger partial charge on any atom is 0.254 e. The lowest BCUT2D eigenvalue weighted by Gasteiger charge is -2.24. The number of hydrogen-bond acceptors (Lipinski definition) is 5. The molecule has 2 N–H and O–H groups in total. The van der Waals surface area contributed by atoms with Crippen molar-refractivity contribution in [2.75, 3.05) is 39.2 Å². The van der Waals surface area contributed by atoms with Crippen molar-refractivity contribution >= 4 is 23.4 Å². The largest absolute Gasteiger partial charge is 0.497 e. The summed E-state index contributed by atoms with van der Waals surface area (Å²) in [5, 5.41) is 5.26. The van der Waals surface area contributed by atoms with Crippen LogP contribution in [0.4, 0.5) is 5.69 Å². The van der Waals surface area contributed by atoms with Gasteiger partial charge in [0.1, 0.15) is 11.5 Å². The van der Waals surface area contributed by atoms with Gasteiger partial charge in [0.15, 0.2) is 0 Å². The molecule has 2 rings (SSSR count). The van der Waals surface area contributed by atoms with Crippen molar-refractivity contribution in [1.82, 2.24) is 10.2 Å². The van der Waals surface area contributed by atoms with Gasteiger partial charge in [-0.15, -0.1) is 0 Å². The van der Waals surface area contributed by atoms with Crippen molar-refractivity contribution in [3.63, 3.8) is 0 Å². The fourth-order valence-corrected chi connectivity index (χ4v) is 2.86. The van der Waals surface area contributed by atoms with Crippen molar-refractivity contribution in [1.29, 1.82) is 0 Å². The zero-order valence-electron chi connectivity index (χ0n) is 18.3. The van der Waals surface area contributed by atoms with E-state index in [-0.39, 0.29) is 30.8 Å². The maximum atomic E-state index is 12.9. The Morgan fingerprint density at radius 3 is 1.94 bits per heavy atom. The van der Waals surface area contributed by atoms with E-state index in [4.69, 9.17) is 9.47 Å². The van der Waals surface area contributed by atoms with Gasteiger partial charge in [0.2, 0.25) is 11.8 Å². The Morgan fingerprint density at radius 2 is 1.42 bits per heavy atom. The zero-order chi connectivity index (χ0) is 22.8. The summed E-state index contributed by atoms with van der Waals surface area (Å²) < 4.78 is 10.2. The number of methoxy groups -OCH3 is 2. The van der Waals surface area contributed by atoms with Gasteiger partial charge in [0.05, 0.1) is 27.3 Å². The summed E-state index contributed by atoms with van der Waals surface area (Å²) in [6, 6.07) is 13.6. The van der Waals surface area contributed by atoms with Crippen molar-refractivity contribution in [3.8, 4) is 11.5 Å². The standard InChI is InChI=1S/C23H29N3O5/c1-16(2)14-26(23(29)17-5-9-19(30-3)10-6-17)15-22(28)24-13-21(27)25-18-7-11-20(31-4)12-8-18/h5-12,16H,13-15H2,1-4H3,(H,24,28)(H,25,27). The Balaban J connectivity index is 1.91. The number of ether oxygens (including phenoxy) is 2. The van der Waals surface area contributed by atoms with E-state index in [0.29, 0.717) is 29.3 Å². The van der Waals surface area contributed by atoms with Crippen LogP contribution >= 0.6 is 0 Å². The summed E-state index contributed by atoms with van der Waals surface area (Å²) in [5.74, 6) is 0.469. The zero-order valence-corrected chi connectivity index (χ0v) is 18.3. The minimum Gasteiger partial charge on any atom is -0.497 e. The van der Waals surface area contributed by atoms with Gasteiger partial charge in [-0.05, 0) is 54.4 Å². The lowest BCUT2D eigenvalue weighted by Crippen LogP contribution is -2.44. The van der Waals surface area contributed by atoms with Crippen LogP contribution in [0.25, 0.3) is 0 Å². The first-order chi connectivity index (χ1) is 14.8. The number of hydrogen-bond donors (Lipinski definition) is 2. The van der Waals surface area contributed by atoms with E-state index in [2.05, 4.69) is 10.6 Å². The van der Waals surface area contributed by atoms with E-state index in [0.717, 1.165) is 0 Å². The Bertz CT molecular complexity index is 879.